The number of urea groups is 1. The Labute approximate surface area is 278 Å². The zero-order chi connectivity index (χ0) is 32.6. The largest absolute Gasteiger partial charge is 0.468 e. The van der Waals surface area contributed by atoms with Gasteiger partial charge in [0.05, 0.1) is 30.6 Å². The van der Waals surface area contributed by atoms with Gasteiger partial charge in [0.2, 0.25) is 0 Å². The van der Waals surface area contributed by atoms with Crippen molar-refractivity contribution in [2.75, 3.05) is 24.4 Å². The quantitative estimate of drug-likeness (QED) is 0.0896. The average molecular weight is 668 g/mol. The summed E-state index contributed by atoms with van der Waals surface area (Å²) in [6.07, 6.45) is 20.3. The molecule has 0 aromatic carbocycles. The van der Waals surface area contributed by atoms with Crippen LogP contribution in [0.15, 0.2) is 72.0 Å². The van der Waals surface area contributed by atoms with Crippen LogP contribution in [0.4, 0.5) is 4.79 Å². The van der Waals surface area contributed by atoms with E-state index >= 15 is 0 Å². The molecule has 5 atom stereocenters. The van der Waals surface area contributed by atoms with Gasteiger partial charge in [-0.1, -0.05) is 61.6 Å². The van der Waals surface area contributed by atoms with Gasteiger partial charge in [-0.15, -0.1) is 5.06 Å². The number of nitrogens with zero attached hydrogens (tertiary/aromatic N) is 2. The fourth-order valence-electron chi connectivity index (χ4n) is 6.73. The standard InChI is InChI=1S/C34H41N3O7S2/c1-3-4-5-10-23-19-22(17-18-45-21-31(41)43-2)24-11-6-7-12-25(24)33(23)36-26-20-46-27(32(26)35-34(36)42)13-8-9-14-30(40)44-37-28(38)15-16-29(37)39/h3-7,10-12,22,24,26-27,32H,1,8-9,13-21H2,2H3,(H,35,42)/b5-4-,23-10+. The number of unbranched alkanes of at least 4 members (excludes halogenated alkanes) is 1. The van der Waals surface area contributed by atoms with Crippen LogP contribution in [0.2, 0.25) is 0 Å². The molecule has 4 amide bonds. The third-order valence-electron chi connectivity index (χ3n) is 8.95. The number of ether oxygens (including phenoxy) is 1. The number of rotatable bonds is 14. The van der Waals surface area contributed by atoms with E-state index in [1.807, 2.05) is 34.9 Å². The zero-order valence-corrected chi connectivity index (χ0v) is 27.7. The summed E-state index contributed by atoms with van der Waals surface area (Å²) in [6.45, 7) is 3.80. The van der Waals surface area contributed by atoms with E-state index in [9.17, 15) is 24.0 Å². The first kappa shape index (κ1) is 33.8. The lowest BCUT2D eigenvalue weighted by atomic mass is 9.71. The molecule has 46 heavy (non-hydrogen) atoms. The Morgan fingerprint density at radius 2 is 1.91 bits per heavy atom. The first-order valence-electron chi connectivity index (χ1n) is 15.8. The minimum absolute atomic E-state index is 0.000980. The molecule has 3 saturated heterocycles. The molecule has 5 rings (SSSR count). The molecular weight excluding hydrogens is 627 g/mol. The van der Waals surface area contributed by atoms with Crippen LogP contribution in [-0.2, 0) is 28.8 Å². The van der Waals surface area contributed by atoms with Gasteiger partial charge in [0.25, 0.3) is 11.8 Å². The van der Waals surface area contributed by atoms with Gasteiger partial charge in [0.15, 0.2) is 0 Å². The Balaban J connectivity index is 1.25. The van der Waals surface area contributed by atoms with Gasteiger partial charge in [0, 0.05) is 36.2 Å². The lowest BCUT2D eigenvalue weighted by molar-refractivity contribution is -0.197. The van der Waals surface area contributed by atoms with Gasteiger partial charge in [-0.25, -0.2) is 9.59 Å². The fourth-order valence-corrected chi connectivity index (χ4v) is 9.22. The zero-order valence-electron chi connectivity index (χ0n) is 26.1. The van der Waals surface area contributed by atoms with Crippen LogP contribution in [-0.4, -0.2) is 81.4 Å². The Hall–Kier alpha value is -3.51. The molecule has 3 fully saturated rings. The van der Waals surface area contributed by atoms with Gasteiger partial charge >= 0.3 is 18.0 Å². The highest BCUT2D eigenvalue weighted by Crippen LogP contribution is 2.48. The second-order valence-corrected chi connectivity index (χ2v) is 14.2. The number of thioether (sulfide) groups is 2. The van der Waals surface area contributed by atoms with E-state index in [0.717, 1.165) is 54.0 Å². The monoisotopic (exact) mass is 667 g/mol. The number of fused-ring (bicyclic) bond motifs is 2. The predicted molar refractivity (Wildman–Crippen MR) is 178 cm³/mol. The van der Waals surface area contributed by atoms with Crippen molar-refractivity contribution in [3.8, 4) is 0 Å². The highest BCUT2D eigenvalue weighted by atomic mass is 32.2. The Bertz CT molecular complexity index is 1380. The van der Waals surface area contributed by atoms with Crippen molar-refractivity contribution in [1.29, 1.82) is 0 Å². The number of nitrogens with one attached hydrogen (secondary N) is 1. The molecule has 3 heterocycles. The topological polar surface area (TPSA) is 122 Å². The lowest BCUT2D eigenvalue weighted by Crippen LogP contribution is -2.40. The summed E-state index contributed by atoms with van der Waals surface area (Å²) in [5.74, 6) is 0.719. The number of hydrogen-bond donors (Lipinski definition) is 1. The molecule has 1 N–H and O–H groups in total. The van der Waals surface area contributed by atoms with Crippen molar-refractivity contribution in [1.82, 2.24) is 15.3 Å². The number of esters is 1. The molecule has 2 aliphatic carbocycles. The highest BCUT2D eigenvalue weighted by Gasteiger charge is 2.51. The molecule has 0 saturated carbocycles. The molecule has 0 aromatic rings. The second kappa shape index (κ2) is 15.9. The number of hydrogen-bond acceptors (Lipinski definition) is 9. The van der Waals surface area contributed by atoms with Crippen LogP contribution in [0.5, 0.6) is 0 Å². The molecule has 5 aliphatic rings. The van der Waals surface area contributed by atoms with Crippen molar-refractivity contribution in [3.05, 3.63) is 72.0 Å². The first-order chi connectivity index (χ1) is 22.3. The summed E-state index contributed by atoms with van der Waals surface area (Å²) in [5, 5.41) is 4.08. The maximum Gasteiger partial charge on any atom is 0.333 e. The maximum atomic E-state index is 13.7. The second-order valence-electron chi connectivity index (χ2n) is 11.8. The summed E-state index contributed by atoms with van der Waals surface area (Å²) in [4.78, 5) is 67.9. The van der Waals surface area contributed by atoms with Crippen molar-refractivity contribution >= 4 is 53.3 Å². The Kier molecular flexibility index (Phi) is 11.7. The molecule has 246 valence electrons. The predicted octanol–water partition coefficient (Wildman–Crippen LogP) is 5.01. The van der Waals surface area contributed by atoms with Crippen LogP contribution in [0.1, 0.15) is 51.4 Å². The van der Waals surface area contributed by atoms with Crippen molar-refractivity contribution in [3.63, 3.8) is 0 Å². The molecular formula is C34H41N3O7S2. The van der Waals surface area contributed by atoms with E-state index in [1.54, 1.807) is 17.8 Å². The molecule has 0 radical (unpaired) electrons. The van der Waals surface area contributed by atoms with Gasteiger partial charge < -0.3 is 14.9 Å². The maximum absolute atomic E-state index is 13.7. The Morgan fingerprint density at radius 3 is 2.67 bits per heavy atom. The summed E-state index contributed by atoms with van der Waals surface area (Å²) in [7, 11) is 1.41. The van der Waals surface area contributed by atoms with Crippen molar-refractivity contribution in [2.24, 2.45) is 11.8 Å². The third kappa shape index (κ3) is 7.71. The Morgan fingerprint density at radius 1 is 1.11 bits per heavy atom. The summed E-state index contributed by atoms with van der Waals surface area (Å²) in [6, 6.07) is -0.101. The molecule has 0 aromatic heterocycles. The number of hydroxylamine groups is 2. The molecule has 5 unspecified atom stereocenters. The van der Waals surface area contributed by atoms with E-state index in [4.69, 9.17) is 9.57 Å². The highest BCUT2D eigenvalue weighted by molar-refractivity contribution is 8.00. The first-order valence-corrected chi connectivity index (χ1v) is 18.0. The van der Waals surface area contributed by atoms with Gasteiger partial charge in [-0.3, -0.25) is 19.3 Å². The van der Waals surface area contributed by atoms with Gasteiger partial charge in [-0.2, -0.15) is 23.5 Å². The van der Waals surface area contributed by atoms with Crippen LogP contribution < -0.4 is 5.32 Å². The minimum Gasteiger partial charge on any atom is -0.468 e. The number of imide groups is 1. The summed E-state index contributed by atoms with van der Waals surface area (Å²) < 4.78 is 4.79. The molecule has 3 aliphatic heterocycles. The lowest BCUT2D eigenvalue weighted by Gasteiger charge is -2.39. The van der Waals surface area contributed by atoms with E-state index < -0.39 is 17.8 Å². The average Bonchev–Trinajstić information content (AvgIpc) is 3.70. The number of carbonyl (C=O) groups excluding carboxylic acids is 5. The normalized spacial score (nSPS) is 27.9. The van der Waals surface area contributed by atoms with Crippen LogP contribution in [0.3, 0.4) is 0 Å². The SMILES string of the molecule is C=C/C=C\C=C1/CC(CCSCC(=O)OC)C2C=CC=CC2=C1N1C(=O)NC2C(CCCCC(=O)ON3C(=O)CCC3=O)SCC21. The van der Waals surface area contributed by atoms with Crippen LogP contribution in [0, 0.1) is 11.8 Å². The smallest absolute Gasteiger partial charge is 0.333 e. The number of allylic oxidation sites excluding steroid dienone is 10. The van der Waals surface area contributed by atoms with Crippen molar-refractivity contribution < 1.29 is 33.5 Å². The van der Waals surface area contributed by atoms with Gasteiger partial charge in [0.1, 0.15) is 0 Å². The van der Waals surface area contributed by atoms with Crippen LogP contribution in [0.25, 0.3) is 0 Å². The van der Waals surface area contributed by atoms with E-state index in [-0.39, 0.29) is 54.5 Å². The number of methoxy groups -OCH3 is 1. The molecule has 12 heteroatoms. The number of amides is 4. The summed E-state index contributed by atoms with van der Waals surface area (Å²) in [5.41, 5.74) is 3.25. The number of carbonyl (C=O) groups is 5. The van der Waals surface area contributed by atoms with E-state index in [1.165, 1.54) is 7.11 Å². The molecule has 0 bridgehead atoms. The summed E-state index contributed by atoms with van der Waals surface area (Å²) >= 11 is 3.43. The van der Waals surface area contributed by atoms with Crippen LogP contribution >= 0.6 is 23.5 Å². The van der Waals surface area contributed by atoms with Gasteiger partial charge in [-0.05, 0) is 48.5 Å². The van der Waals surface area contributed by atoms with Crippen molar-refractivity contribution in [2.45, 2.75) is 68.7 Å². The molecule has 0 spiro atoms. The minimum atomic E-state index is -0.582. The third-order valence-corrected chi connectivity index (χ3v) is 11.4. The molecule has 10 nitrogen and oxygen atoms in total. The van der Waals surface area contributed by atoms with E-state index in [0.29, 0.717) is 23.2 Å². The van der Waals surface area contributed by atoms with E-state index in [2.05, 4.69) is 36.2 Å². The fraction of sp³-hybridized carbons (Fsp3) is 0.500.